The minimum atomic E-state index is -0.243. The summed E-state index contributed by atoms with van der Waals surface area (Å²) < 4.78 is 0. The summed E-state index contributed by atoms with van der Waals surface area (Å²) in [7, 11) is 0. The van der Waals surface area contributed by atoms with Crippen LogP contribution in [0.5, 0.6) is 5.75 Å². The Morgan fingerprint density at radius 1 is 0.926 bits per heavy atom. The highest BCUT2D eigenvalue weighted by atomic mass is 16.3. The van der Waals surface area contributed by atoms with E-state index in [9.17, 15) is 5.11 Å². The van der Waals surface area contributed by atoms with Crippen molar-refractivity contribution in [3.63, 3.8) is 0 Å². The molecule has 0 aliphatic carbocycles. The second-order valence-electron chi connectivity index (χ2n) is 6.74. The van der Waals surface area contributed by atoms with Gasteiger partial charge in [-0.05, 0) is 54.8 Å². The molecule has 1 atom stereocenters. The van der Waals surface area contributed by atoms with Crippen molar-refractivity contribution >= 4 is 16.6 Å². The van der Waals surface area contributed by atoms with Crippen LogP contribution in [0.3, 0.4) is 0 Å². The number of aromatic nitrogens is 2. The van der Waals surface area contributed by atoms with Crippen molar-refractivity contribution in [2.24, 2.45) is 0 Å². The van der Waals surface area contributed by atoms with Gasteiger partial charge in [0.2, 0.25) is 0 Å². The molecule has 4 nitrogen and oxygen atoms in total. The van der Waals surface area contributed by atoms with E-state index in [1.54, 1.807) is 12.4 Å². The van der Waals surface area contributed by atoms with Gasteiger partial charge in [0.05, 0.1) is 6.04 Å². The third-order valence-electron chi connectivity index (χ3n) is 4.93. The zero-order chi connectivity index (χ0) is 18.8. The number of nitrogens with one attached hydrogen (secondary N) is 1. The monoisotopic (exact) mass is 355 g/mol. The Hall–Kier alpha value is -3.40. The minimum absolute atomic E-state index is 0.193. The molecule has 0 radical (unpaired) electrons. The number of hydrogen-bond acceptors (Lipinski definition) is 4. The van der Waals surface area contributed by atoms with Gasteiger partial charge in [-0.2, -0.15) is 0 Å². The van der Waals surface area contributed by atoms with E-state index < -0.39 is 0 Å². The largest absolute Gasteiger partial charge is 0.505 e. The summed E-state index contributed by atoms with van der Waals surface area (Å²) in [5.41, 5.74) is 5.80. The van der Waals surface area contributed by atoms with E-state index in [0.29, 0.717) is 5.52 Å². The van der Waals surface area contributed by atoms with Gasteiger partial charge in [-0.25, -0.2) is 0 Å². The molecule has 27 heavy (non-hydrogen) atoms. The van der Waals surface area contributed by atoms with E-state index in [1.165, 1.54) is 11.1 Å². The molecule has 0 saturated heterocycles. The van der Waals surface area contributed by atoms with Crippen LogP contribution in [0.15, 0.2) is 73.2 Å². The van der Waals surface area contributed by atoms with E-state index in [1.807, 2.05) is 42.6 Å². The Morgan fingerprint density at radius 2 is 1.78 bits per heavy atom. The molecule has 0 spiro atoms. The molecule has 4 aromatic rings. The SMILES string of the molecule is Cc1ccc(NC(c2cccnc2)c2ccc3cccnc3c2O)cc1C. The van der Waals surface area contributed by atoms with Crippen LogP contribution in [-0.4, -0.2) is 15.1 Å². The first-order chi connectivity index (χ1) is 13.1. The van der Waals surface area contributed by atoms with Gasteiger partial charge in [-0.1, -0.05) is 30.3 Å². The first kappa shape index (κ1) is 17.0. The van der Waals surface area contributed by atoms with Crippen molar-refractivity contribution in [2.75, 3.05) is 5.32 Å². The van der Waals surface area contributed by atoms with Crippen LogP contribution in [0.1, 0.15) is 28.3 Å². The van der Waals surface area contributed by atoms with Gasteiger partial charge in [-0.15, -0.1) is 0 Å². The van der Waals surface area contributed by atoms with E-state index in [2.05, 4.69) is 47.3 Å². The summed E-state index contributed by atoms with van der Waals surface area (Å²) in [5.74, 6) is 0.193. The van der Waals surface area contributed by atoms with E-state index in [-0.39, 0.29) is 11.8 Å². The smallest absolute Gasteiger partial charge is 0.147 e. The number of fused-ring (bicyclic) bond motifs is 1. The fraction of sp³-hybridized carbons (Fsp3) is 0.130. The topological polar surface area (TPSA) is 58.0 Å². The average Bonchev–Trinajstić information content (AvgIpc) is 2.70. The van der Waals surface area contributed by atoms with Gasteiger partial charge >= 0.3 is 0 Å². The molecule has 0 aliphatic rings. The van der Waals surface area contributed by atoms with Gasteiger partial charge in [0, 0.05) is 35.2 Å². The number of phenols is 1. The summed E-state index contributed by atoms with van der Waals surface area (Å²) >= 11 is 0. The van der Waals surface area contributed by atoms with Crippen molar-refractivity contribution in [2.45, 2.75) is 19.9 Å². The Labute approximate surface area is 158 Å². The molecule has 0 amide bonds. The Balaban J connectivity index is 1.83. The van der Waals surface area contributed by atoms with Crippen LogP contribution in [-0.2, 0) is 0 Å². The van der Waals surface area contributed by atoms with Crippen LogP contribution >= 0.6 is 0 Å². The maximum Gasteiger partial charge on any atom is 0.147 e. The van der Waals surface area contributed by atoms with Gasteiger partial charge in [0.1, 0.15) is 11.3 Å². The fourth-order valence-corrected chi connectivity index (χ4v) is 3.26. The lowest BCUT2D eigenvalue weighted by molar-refractivity contribution is 0.471. The second kappa shape index (κ2) is 7.08. The van der Waals surface area contributed by atoms with E-state index in [0.717, 1.165) is 22.2 Å². The van der Waals surface area contributed by atoms with Gasteiger partial charge in [-0.3, -0.25) is 9.97 Å². The van der Waals surface area contributed by atoms with Crippen molar-refractivity contribution in [1.29, 1.82) is 0 Å². The molecule has 1 unspecified atom stereocenters. The van der Waals surface area contributed by atoms with Crippen LogP contribution in [0.2, 0.25) is 0 Å². The number of aromatic hydroxyl groups is 1. The maximum atomic E-state index is 10.9. The summed E-state index contributed by atoms with van der Waals surface area (Å²) in [6.07, 6.45) is 5.26. The zero-order valence-corrected chi connectivity index (χ0v) is 15.3. The molecular weight excluding hydrogens is 334 g/mol. The molecule has 2 heterocycles. The number of rotatable bonds is 4. The third kappa shape index (κ3) is 3.34. The van der Waals surface area contributed by atoms with Crippen molar-refractivity contribution < 1.29 is 5.11 Å². The van der Waals surface area contributed by atoms with Gasteiger partial charge < -0.3 is 10.4 Å². The molecule has 4 rings (SSSR count). The normalized spacial score (nSPS) is 12.1. The molecule has 134 valence electrons. The van der Waals surface area contributed by atoms with Crippen molar-refractivity contribution in [1.82, 2.24) is 9.97 Å². The lowest BCUT2D eigenvalue weighted by Gasteiger charge is -2.22. The zero-order valence-electron chi connectivity index (χ0n) is 15.3. The Bertz CT molecular complexity index is 1090. The number of pyridine rings is 2. The third-order valence-corrected chi connectivity index (χ3v) is 4.93. The number of benzene rings is 2. The first-order valence-electron chi connectivity index (χ1n) is 8.94. The molecule has 2 N–H and O–H groups in total. The summed E-state index contributed by atoms with van der Waals surface area (Å²) in [6.45, 7) is 4.19. The summed E-state index contributed by atoms with van der Waals surface area (Å²) in [6, 6.07) is 17.7. The Kier molecular flexibility index (Phi) is 4.47. The van der Waals surface area contributed by atoms with E-state index in [4.69, 9.17) is 0 Å². The number of aryl methyl sites for hydroxylation is 2. The highest BCUT2D eigenvalue weighted by Crippen LogP contribution is 2.36. The molecule has 0 saturated carbocycles. The number of hydrogen-bond donors (Lipinski definition) is 2. The molecule has 0 aliphatic heterocycles. The number of phenolic OH excluding ortho intramolecular Hbond substituents is 1. The maximum absolute atomic E-state index is 10.9. The van der Waals surface area contributed by atoms with Crippen LogP contribution < -0.4 is 5.32 Å². The summed E-state index contributed by atoms with van der Waals surface area (Å²) in [5, 5.41) is 15.4. The molecule has 2 aromatic heterocycles. The predicted molar refractivity (Wildman–Crippen MR) is 109 cm³/mol. The average molecular weight is 355 g/mol. The molecule has 4 heteroatoms. The van der Waals surface area contributed by atoms with E-state index >= 15 is 0 Å². The lowest BCUT2D eigenvalue weighted by atomic mass is 9.97. The fourth-order valence-electron chi connectivity index (χ4n) is 3.26. The lowest BCUT2D eigenvalue weighted by Crippen LogP contribution is -2.13. The number of nitrogens with zero attached hydrogens (tertiary/aromatic N) is 2. The van der Waals surface area contributed by atoms with Gasteiger partial charge in [0.25, 0.3) is 0 Å². The van der Waals surface area contributed by atoms with Gasteiger partial charge in [0.15, 0.2) is 0 Å². The van der Waals surface area contributed by atoms with Crippen LogP contribution in [0, 0.1) is 13.8 Å². The highest BCUT2D eigenvalue weighted by Gasteiger charge is 2.20. The predicted octanol–water partition coefficient (Wildman–Crippen LogP) is 5.15. The second-order valence-corrected chi connectivity index (χ2v) is 6.74. The quantitative estimate of drug-likeness (QED) is 0.531. The molecule has 0 fully saturated rings. The first-order valence-corrected chi connectivity index (χ1v) is 8.94. The highest BCUT2D eigenvalue weighted by molar-refractivity contribution is 5.86. The van der Waals surface area contributed by atoms with Crippen molar-refractivity contribution in [3.8, 4) is 5.75 Å². The standard InChI is InChI=1S/C23H21N3O/c1-15-7-9-19(13-16(15)2)26-21(18-6-3-11-24-14-18)20-10-8-17-5-4-12-25-22(17)23(20)27/h3-14,21,26-27H,1-2H3. The van der Waals surface area contributed by atoms with Crippen molar-refractivity contribution in [3.05, 3.63) is 95.4 Å². The number of anilines is 1. The molecule has 2 aromatic carbocycles. The Morgan fingerprint density at radius 3 is 2.56 bits per heavy atom. The molecule has 0 bridgehead atoms. The minimum Gasteiger partial charge on any atom is -0.505 e. The van der Waals surface area contributed by atoms with Crippen LogP contribution in [0.25, 0.3) is 10.9 Å². The summed E-state index contributed by atoms with van der Waals surface area (Å²) in [4.78, 5) is 8.62. The van der Waals surface area contributed by atoms with Crippen LogP contribution in [0.4, 0.5) is 5.69 Å². The molecular formula is C23H21N3O.